The quantitative estimate of drug-likeness (QED) is 0.678. The largest absolute Gasteiger partial charge is 0.495 e. The number of nitrogen functional groups attached to an aromatic ring is 1. The Hall–Kier alpha value is -2.01. The van der Waals surface area contributed by atoms with Crippen LogP contribution in [0.25, 0.3) is 0 Å². The van der Waals surface area contributed by atoms with Gasteiger partial charge in [0.2, 0.25) is 0 Å². The molecule has 0 saturated carbocycles. The van der Waals surface area contributed by atoms with E-state index >= 15 is 0 Å². The van der Waals surface area contributed by atoms with Gasteiger partial charge in [0.05, 0.1) is 30.9 Å². The number of benzene rings is 2. The summed E-state index contributed by atoms with van der Waals surface area (Å²) < 4.78 is 17.0. The van der Waals surface area contributed by atoms with Crippen LogP contribution >= 0.6 is 11.8 Å². The normalized spacial score (nSPS) is 13.0. The minimum atomic E-state index is 0.691. The first kappa shape index (κ1) is 18.8. The van der Waals surface area contributed by atoms with E-state index in [9.17, 15) is 0 Å². The van der Waals surface area contributed by atoms with Crippen molar-refractivity contribution >= 4 is 17.4 Å². The van der Waals surface area contributed by atoms with Crippen molar-refractivity contribution in [2.24, 2.45) is 0 Å². The highest BCUT2D eigenvalue weighted by molar-refractivity contribution is 7.99. The number of nitrogens with two attached hydrogens (primary N) is 1. The Morgan fingerprint density at radius 3 is 2.81 bits per heavy atom. The number of thioether (sulfide) groups is 1. The van der Waals surface area contributed by atoms with Gasteiger partial charge in [0.15, 0.2) is 0 Å². The smallest absolute Gasteiger partial charge is 0.141 e. The highest BCUT2D eigenvalue weighted by Crippen LogP contribution is 2.39. The lowest BCUT2D eigenvalue weighted by Gasteiger charge is -2.20. The lowest BCUT2D eigenvalue weighted by molar-refractivity contribution is 0.306. The molecule has 0 aliphatic carbocycles. The average Bonchev–Trinajstić information content (AvgIpc) is 2.66. The van der Waals surface area contributed by atoms with E-state index in [0.29, 0.717) is 5.69 Å². The van der Waals surface area contributed by atoms with Crippen LogP contribution in [0.2, 0.25) is 0 Å². The molecule has 2 aromatic rings. The third-order valence-corrected chi connectivity index (χ3v) is 5.39. The molecule has 3 rings (SSSR count). The zero-order chi connectivity index (χ0) is 18.4. The van der Waals surface area contributed by atoms with Crippen molar-refractivity contribution < 1.29 is 14.2 Å². The van der Waals surface area contributed by atoms with Gasteiger partial charge in [-0.2, -0.15) is 0 Å². The van der Waals surface area contributed by atoms with E-state index in [0.717, 1.165) is 61.9 Å². The second-order valence-electron chi connectivity index (χ2n) is 6.38. The number of hydrogen-bond acceptors (Lipinski definition) is 5. The Bertz CT molecular complexity index is 748. The topological polar surface area (TPSA) is 53.7 Å². The molecule has 0 atom stereocenters. The molecule has 4 nitrogen and oxygen atoms in total. The van der Waals surface area contributed by atoms with Crippen molar-refractivity contribution in [3.63, 3.8) is 0 Å². The Morgan fingerprint density at radius 1 is 1.15 bits per heavy atom. The molecule has 1 aliphatic heterocycles. The maximum atomic E-state index is 6.01. The van der Waals surface area contributed by atoms with E-state index in [1.165, 1.54) is 16.0 Å². The van der Waals surface area contributed by atoms with Crippen LogP contribution in [-0.4, -0.2) is 26.1 Å². The van der Waals surface area contributed by atoms with Gasteiger partial charge >= 0.3 is 0 Å². The molecular formula is C21H27NO3S. The summed E-state index contributed by atoms with van der Waals surface area (Å²) in [6, 6.07) is 10.3. The molecule has 0 fully saturated rings. The summed E-state index contributed by atoms with van der Waals surface area (Å²) in [7, 11) is 1.64. The molecule has 0 aromatic heterocycles. The van der Waals surface area contributed by atoms with Gasteiger partial charge in [0, 0.05) is 5.75 Å². The molecule has 0 saturated heterocycles. The molecule has 26 heavy (non-hydrogen) atoms. The number of fused-ring (bicyclic) bond motifs is 1. The van der Waals surface area contributed by atoms with E-state index < -0.39 is 0 Å². The molecule has 1 heterocycles. The third-order valence-electron chi connectivity index (χ3n) is 4.39. The molecule has 0 amide bonds. The number of rotatable bonds is 8. The fourth-order valence-electron chi connectivity index (χ4n) is 3.08. The van der Waals surface area contributed by atoms with E-state index in [-0.39, 0.29) is 0 Å². The first-order valence-corrected chi connectivity index (χ1v) is 10.2. The zero-order valence-electron chi connectivity index (χ0n) is 15.5. The first-order chi connectivity index (χ1) is 12.7. The van der Waals surface area contributed by atoms with Crippen molar-refractivity contribution in [2.45, 2.75) is 37.5 Å². The highest BCUT2D eigenvalue weighted by atomic mass is 32.2. The van der Waals surface area contributed by atoms with Gasteiger partial charge in [0.1, 0.15) is 17.2 Å². The van der Waals surface area contributed by atoms with Crippen LogP contribution in [0.4, 0.5) is 5.69 Å². The minimum Gasteiger partial charge on any atom is -0.495 e. The highest BCUT2D eigenvalue weighted by Gasteiger charge is 2.16. The summed E-state index contributed by atoms with van der Waals surface area (Å²) in [4.78, 5) is 1.19. The molecule has 140 valence electrons. The number of methoxy groups -OCH3 is 1. The van der Waals surface area contributed by atoms with Crippen molar-refractivity contribution in [2.75, 3.05) is 31.8 Å². The van der Waals surface area contributed by atoms with Gasteiger partial charge < -0.3 is 19.9 Å². The van der Waals surface area contributed by atoms with Gasteiger partial charge in [-0.25, -0.2) is 0 Å². The monoisotopic (exact) mass is 373 g/mol. The summed E-state index contributed by atoms with van der Waals surface area (Å²) >= 11 is 1.84. The number of anilines is 1. The predicted octanol–water partition coefficient (Wildman–Crippen LogP) is 4.73. The second-order valence-corrected chi connectivity index (χ2v) is 7.52. The van der Waals surface area contributed by atoms with Crippen LogP contribution in [0, 0.1) is 0 Å². The molecule has 5 heteroatoms. The van der Waals surface area contributed by atoms with Crippen molar-refractivity contribution in [1.82, 2.24) is 0 Å². The summed E-state index contributed by atoms with van der Waals surface area (Å²) in [5, 5.41) is 0. The summed E-state index contributed by atoms with van der Waals surface area (Å²) in [6.45, 7) is 3.65. The number of ether oxygens (including phenoxy) is 3. The first-order valence-electron chi connectivity index (χ1n) is 9.19. The number of hydrogen-bond donors (Lipinski definition) is 1. The van der Waals surface area contributed by atoms with E-state index in [2.05, 4.69) is 25.1 Å². The number of aryl methyl sites for hydroxylation is 2. The molecule has 1 aliphatic rings. The van der Waals surface area contributed by atoms with Crippen molar-refractivity contribution in [3.05, 3.63) is 41.5 Å². The molecule has 2 aromatic carbocycles. The maximum absolute atomic E-state index is 6.01. The summed E-state index contributed by atoms with van der Waals surface area (Å²) in [5.74, 6) is 3.72. The molecule has 0 unspecified atom stereocenters. The summed E-state index contributed by atoms with van der Waals surface area (Å²) in [6.07, 6.45) is 3.95. The second kappa shape index (κ2) is 9.08. The summed E-state index contributed by atoms with van der Waals surface area (Å²) in [5.41, 5.74) is 9.15. The molecule has 0 radical (unpaired) electrons. The van der Waals surface area contributed by atoms with E-state index in [4.69, 9.17) is 19.9 Å². The van der Waals surface area contributed by atoms with Crippen LogP contribution < -0.4 is 19.9 Å². The van der Waals surface area contributed by atoms with Gasteiger partial charge in [0.25, 0.3) is 0 Å². The van der Waals surface area contributed by atoms with Crippen LogP contribution in [-0.2, 0) is 12.8 Å². The molecular weight excluding hydrogens is 346 g/mol. The van der Waals surface area contributed by atoms with Gasteiger partial charge in [-0.05, 0) is 61.1 Å². The third kappa shape index (κ3) is 4.58. The van der Waals surface area contributed by atoms with Gasteiger partial charge in [-0.15, -0.1) is 11.8 Å². The van der Waals surface area contributed by atoms with E-state index in [1.54, 1.807) is 7.11 Å². The van der Waals surface area contributed by atoms with Crippen molar-refractivity contribution in [1.29, 1.82) is 0 Å². The lowest BCUT2D eigenvalue weighted by atomic mass is 10.0. The van der Waals surface area contributed by atoms with Gasteiger partial charge in [-0.1, -0.05) is 13.0 Å². The fraction of sp³-hybridized carbons (Fsp3) is 0.429. The Kier molecular flexibility index (Phi) is 6.56. The lowest BCUT2D eigenvalue weighted by Crippen LogP contribution is -2.08. The predicted molar refractivity (Wildman–Crippen MR) is 108 cm³/mol. The van der Waals surface area contributed by atoms with Crippen LogP contribution in [0.1, 0.15) is 30.9 Å². The molecule has 0 bridgehead atoms. The minimum absolute atomic E-state index is 0.691. The van der Waals surface area contributed by atoms with Crippen LogP contribution in [0.3, 0.4) is 0 Å². The fourth-order valence-corrected chi connectivity index (χ4v) is 3.91. The Morgan fingerprint density at radius 2 is 2.04 bits per heavy atom. The average molecular weight is 374 g/mol. The SMILES string of the molecule is CCCOc1cc2c(cc1CCCc1ccc(OC)c(N)c1)OCCS2. The van der Waals surface area contributed by atoms with E-state index in [1.807, 2.05) is 23.9 Å². The Balaban J connectivity index is 1.68. The Labute approximate surface area is 160 Å². The maximum Gasteiger partial charge on any atom is 0.141 e. The van der Waals surface area contributed by atoms with Crippen LogP contribution in [0.15, 0.2) is 35.2 Å². The van der Waals surface area contributed by atoms with Crippen molar-refractivity contribution in [3.8, 4) is 17.2 Å². The van der Waals surface area contributed by atoms with Crippen LogP contribution in [0.5, 0.6) is 17.2 Å². The zero-order valence-corrected chi connectivity index (χ0v) is 16.4. The molecule has 2 N–H and O–H groups in total. The standard InChI is InChI=1S/C21H27NO3S/c1-3-9-24-19-14-21-20(25-10-11-26-21)13-16(19)6-4-5-15-7-8-18(23-2)17(22)12-15/h7-8,12-14H,3-6,9-11,22H2,1-2H3. The van der Waals surface area contributed by atoms with Gasteiger partial charge in [-0.3, -0.25) is 0 Å². The molecule has 0 spiro atoms.